The molecule has 5 nitrogen and oxygen atoms in total. The van der Waals surface area contributed by atoms with Crippen LogP contribution in [0.5, 0.6) is 0 Å². The molecule has 0 saturated heterocycles. The summed E-state index contributed by atoms with van der Waals surface area (Å²) in [6, 6.07) is 0. The molecule has 0 aromatic rings. The maximum Gasteiger partial charge on any atom is 0.343 e. The second-order valence-electron chi connectivity index (χ2n) is 2.85. The first kappa shape index (κ1) is 10.7. The van der Waals surface area contributed by atoms with Gasteiger partial charge in [-0.2, -0.15) is 0 Å². The van der Waals surface area contributed by atoms with Crippen LogP contribution >= 0.6 is 0 Å². The quantitative estimate of drug-likeness (QED) is 0.666. The highest BCUT2D eigenvalue weighted by atomic mass is 16.5. The van der Waals surface area contributed by atoms with E-state index in [1.54, 1.807) is 0 Å². The van der Waals surface area contributed by atoms with Crippen molar-refractivity contribution < 1.29 is 24.5 Å². The van der Waals surface area contributed by atoms with Gasteiger partial charge in [-0.25, -0.2) is 4.79 Å². The average Bonchev–Trinajstić information content (AvgIpc) is 2.17. The first-order valence-electron chi connectivity index (χ1n) is 3.98. The predicted octanol–water partition coefficient (Wildman–Crippen LogP) is -0.0828. The Morgan fingerprint density at radius 2 is 2.21 bits per heavy atom. The number of hydrogen-bond acceptors (Lipinski definition) is 4. The van der Waals surface area contributed by atoms with Crippen LogP contribution in [0.15, 0.2) is 24.0 Å². The third-order valence-electron chi connectivity index (χ3n) is 2.16. The zero-order chi connectivity index (χ0) is 10.8. The molecule has 1 rings (SSSR count). The average molecular weight is 200 g/mol. The summed E-state index contributed by atoms with van der Waals surface area (Å²) >= 11 is 0. The van der Waals surface area contributed by atoms with Crippen LogP contribution in [0.3, 0.4) is 0 Å². The molecule has 0 radical (unpaired) electrons. The molecular formula is C9H12O5. The van der Waals surface area contributed by atoms with Gasteiger partial charge in [-0.3, -0.25) is 0 Å². The lowest BCUT2D eigenvalue weighted by molar-refractivity contribution is -0.165. The summed E-state index contributed by atoms with van der Waals surface area (Å²) in [7, 11) is 2.66. The van der Waals surface area contributed by atoms with Gasteiger partial charge in [-0.05, 0) is 18.2 Å². The molecule has 0 aromatic heterocycles. The number of aliphatic hydroxyl groups excluding tert-OH is 1. The number of carboxylic acids is 1. The largest absolute Gasteiger partial charge is 0.497 e. The van der Waals surface area contributed by atoms with Gasteiger partial charge < -0.3 is 19.7 Å². The highest BCUT2D eigenvalue weighted by molar-refractivity contribution is 5.82. The Morgan fingerprint density at radius 3 is 2.57 bits per heavy atom. The minimum absolute atomic E-state index is 0.409. The molecule has 5 heteroatoms. The number of methoxy groups -OCH3 is 2. The fraction of sp³-hybridized carbons (Fsp3) is 0.444. The van der Waals surface area contributed by atoms with Crippen LogP contribution in [0.4, 0.5) is 0 Å². The summed E-state index contributed by atoms with van der Waals surface area (Å²) in [4.78, 5) is 10.9. The van der Waals surface area contributed by atoms with Gasteiger partial charge in [0.15, 0.2) is 0 Å². The van der Waals surface area contributed by atoms with Crippen molar-refractivity contribution >= 4 is 5.97 Å². The SMILES string of the molecule is COC1=CC(O)C(OC)(C(=O)O)C=C1. The number of ether oxygens (including phenoxy) is 2. The van der Waals surface area contributed by atoms with Crippen LogP contribution in [-0.4, -0.2) is 42.1 Å². The monoisotopic (exact) mass is 200 g/mol. The second-order valence-corrected chi connectivity index (χ2v) is 2.85. The normalized spacial score (nSPS) is 31.1. The zero-order valence-corrected chi connectivity index (χ0v) is 7.93. The van der Waals surface area contributed by atoms with Gasteiger partial charge in [-0.1, -0.05) is 0 Å². The van der Waals surface area contributed by atoms with Crippen molar-refractivity contribution in [2.75, 3.05) is 14.2 Å². The zero-order valence-electron chi connectivity index (χ0n) is 7.93. The van der Waals surface area contributed by atoms with Crippen LogP contribution in [0.1, 0.15) is 0 Å². The predicted molar refractivity (Wildman–Crippen MR) is 47.6 cm³/mol. The third kappa shape index (κ3) is 1.51. The molecule has 2 atom stereocenters. The minimum Gasteiger partial charge on any atom is -0.497 e. The number of carboxylic acid groups (broad SMARTS) is 1. The lowest BCUT2D eigenvalue weighted by Crippen LogP contribution is -2.50. The Labute approximate surface area is 81.3 Å². The molecule has 0 aromatic carbocycles. The van der Waals surface area contributed by atoms with E-state index in [2.05, 4.69) is 0 Å². The molecular weight excluding hydrogens is 188 g/mol. The van der Waals surface area contributed by atoms with Crippen LogP contribution < -0.4 is 0 Å². The topological polar surface area (TPSA) is 76.0 Å². The Hall–Kier alpha value is -1.33. The van der Waals surface area contributed by atoms with Crippen molar-refractivity contribution in [3.05, 3.63) is 24.0 Å². The number of carbonyl (C=O) groups is 1. The summed E-state index contributed by atoms with van der Waals surface area (Å²) < 4.78 is 9.65. The van der Waals surface area contributed by atoms with Crippen molar-refractivity contribution in [3.8, 4) is 0 Å². The summed E-state index contributed by atoms with van der Waals surface area (Å²) in [5.41, 5.74) is -1.71. The maximum absolute atomic E-state index is 10.9. The number of hydrogen-bond donors (Lipinski definition) is 2. The number of aliphatic carboxylic acids is 1. The first-order valence-corrected chi connectivity index (χ1v) is 3.98. The van der Waals surface area contributed by atoms with Gasteiger partial charge in [0.25, 0.3) is 0 Å². The van der Waals surface area contributed by atoms with Crippen LogP contribution in [0.2, 0.25) is 0 Å². The van der Waals surface area contributed by atoms with E-state index in [0.29, 0.717) is 5.76 Å². The van der Waals surface area contributed by atoms with Gasteiger partial charge in [0, 0.05) is 7.11 Å². The number of allylic oxidation sites excluding steroid dienone is 1. The number of aliphatic hydroxyl groups is 1. The van der Waals surface area contributed by atoms with Crippen LogP contribution in [0, 0.1) is 0 Å². The van der Waals surface area contributed by atoms with E-state index in [4.69, 9.17) is 14.6 Å². The third-order valence-corrected chi connectivity index (χ3v) is 2.16. The fourth-order valence-electron chi connectivity index (χ4n) is 1.25. The first-order chi connectivity index (χ1) is 6.56. The molecule has 1 aliphatic rings. The van der Waals surface area contributed by atoms with E-state index >= 15 is 0 Å². The molecule has 0 heterocycles. The van der Waals surface area contributed by atoms with E-state index in [1.165, 1.54) is 32.4 Å². The maximum atomic E-state index is 10.9. The van der Waals surface area contributed by atoms with Crippen LogP contribution in [0.25, 0.3) is 0 Å². The molecule has 0 aliphatic heterocycles. The molecule has 1 aliphatic carbocycles. The highest BCUT2D eigenvalue weighted by Crippen LogP contribution is 2.25. The smallest absolute Gasteiger partial charge is 0.343 e. The summed E-state index contributed by atoms with van der Waals surface area (Å²) in [5.74, 6) is -0.832. The standard InChI is InChI=1S/C9H12O5/c1-13-6-3-4-9(14-2,8(11)12)7(10)5-6/h3-5,7,10H,1-2H3,(H,11,12). The summed E-state index contributed by atoms with van der Waals surface area (Å²) in [6.07, 6.45) is 2.74. The van der Waals surface area contributed by atoms with Crippen LogP contribution in [-0.2, 0) is 14.3 Å². The van der Waals surface area contributed by atoms with Crippen molar-refractivity contribution in [3.63, 3.8) is 0 Å². The Morgan fingerprint density at radius 1 is 1.57 bits per heavy atom. The summed E-state index contributed by atoms with van der Waals surface area (Å²) in [6.45, 7) is 0. The van der Waals surface area contributed by atoms with Gasteiger partial charge >= 0.3 is 5.97 Å². The highest BCUT2D eigenvalue weighted by Gasteiger charge is 2.44. The van der Waals surface area contributed by atoms with E-state index in [9.17, 15) is 9.90 Å². The lowest BCUT2D eigenvalue weighted by atomic mass is 9.91. The number of rotatable bonds is 3. The molecule has 0 spiro atoms. The fourth-order valence-corrected chi connectivity index (χ4v) is 1.25. The van der Waals surface area contributed by atoms with Crippen molar-refractivity contribution in [2.24, 2.45) is 0 Å². The second kappa shape index (κ2) is 3.81. The van der Waals surface area contributed by atoms with E-state index in [0.717, 1.165) is 0 Å². The molecule has 0 saturated carbocycles. The van der Waals surface area contributed by atoms with Gasteiger partial charge in [0.05, 0.1) is 7.11 Å². The summed E-state index contributed by atoms with van der Waals surface area (Å²) in [5, 5.41) is 18.5. The molecule has 0 bridgehead atoms. The Balaban J connectivity index is 3.01. The lowest BCUT2D eigenvalue weighted by Gasteiger charge is -2.30. The van der Waals surface area contributed by atoms with Crippen molar-refractivity contribution in [1.82, 2.24) is 0 Å². The van der Waals surface area contributed by atoms with Gasteiger partial charge in [0.2, 0.25) is 5.60 Å². The van der Waals surface area contributed by atoms with Crippen molar-refractivity contribution in [2.45, 2.75) is 11.7 Å². The molecule has 14 heavy (non-hydrogen) atoms. The molecule has 78 valence electrons. The van der Waals surface area contributed by atoms with Crippen molar-refractivity contribution in [1.29, 1.82) is 0 Å². The molecule has 2 N–H and O–H groups in total. The Kier molecular flexibility index (Phi) is 2.93. The molecule has 0 fully saturated rings. The van der Waals surface area contributed by atoms with E-state index in [1.807, 2.05) is 0 Å². The molecule has 2 unspecified atom stereocenters. The van der Waals surface area contributed by atoms with E-state index < -0.39 is 17.7 Å². The van der Waals surface area contributed by atoms with E-state index in [-0.39, 0.29) is 0 Å². The van der Waals surface area contributed by atoms with Gasteiger partial charge in [-0.15, -0.1) is 0 Å². The molecule has 0 amide bonds. The Bertz CT molecular complexity index is 294. The van der Waals surface area contributed by atoms with Gasteiger partial charge in [0.1, 0.15) is 11.9 Å². The minimum atomic E-state index is -1.71.